The topological polar surface area (TPSA) is 71.4 Å². The zero-order valence-electron chi connectivity index (χ0n) is 5.52. The summed E-state index contributed by atoms with van der Waals surface area (Å²) >= 11 is 0.784. The van der Waals surface area contributed by atoms with Crippen LogP contribution < -0.4 is 0 Å². The number of hydrogen-bond acceptors (Lipinski definition) is 4. The Morgan fingerprint density at radius 1 is 1.58 bits per heavy atom. The molecular weight excluding hydrogens is 224 g/mol. The lowest BCUT2D eigenvalue weighted by atomic mass is 10.4. The molecule has 0 spiro atoms. The van der Waals surface area contributed by atoms with Crippen LogP contribution in [0.2, 0.25) is 0 Å². The lowest BCUT2D eigenvalue weighted by molar-refractivity contribution is 0.0697. The number of rotatable bonds is 2. The molecule has 1 heterocycles. The Hall–Kier alpha value is -0.590. The summed E-state index contributed by atoms with van der Waals surface area (Å²) in [5.74, 6) is -1.17. The van der Waals surface area contributed by atoms with Crippen molar-refractivity contribution in [3.8, 4) is 0 Å². The van der Waals surface area contributed by atoms with Crippen molar-refractivity contribution in [2.24, 2.45) is 0 Å². The van der Waals surface area contributed by atoms with Crippen molar-refractivity contribution in [1.82, 2.24) is 0 Å². The van der Waals surface area contributed by atoms with E-state index >= 15 is 0 Å². The molecule has 66 valence electrons. The van der Waals surface area contributed by atoms with Crippen LogP contribution in [0.3, 0.4) is 0 Å². The molecule has 0 aliphatic rings. The summed E-state index contributed by atoms with van der Waals surface area (Å²) in [7, 11) is 1.18. The van der Waals surface area contributed by atoms with Gasteiger partial charge in [0.25, 0.3) is 9.05 Å². The van der Waals surface area contributed by atoms with Gasteiger partial charge in [0, 0.05) is 16.1 Å². The number of carboxylic acids is 1. The first-order valence-electron chi connectivity index (χ1n) is 2.68. The number of carbonyl (C=O) groups is 1. The number of aromatic carboxylic acids is 1. The first-order chi connectivity index (χ1) is 5.41. The van der Waals surface area contributed by atoms with Gasteiger partial charge in [-0.05, 0) is 6.07 Å². The Morgan fingerprint density at radius 3 is 2.42 bits per heavy atom. The lowest BCUT2D eigenvalue weighted by Crippen LogP contribution is -1.92. The largest absolute Gasteiger partial charge is 0.478 e. The lowest BCUT2D eigenvalue weighted by Gasteiger charge is -1.85. The van der Waals surface area contributed by atoms with E-state index in [0.717, 1.165) is 17.4 Å². The number of hydrogen-bond donors (Lipinski definition) is 1. The minimum atomic E-state index is -3.79. The third kappa shape index (κ3) is 1.96. The van der Waals surface area contributed by atoms with Crippen molar-refractivity contribution in [2.75, 3.05) is 0 Å². The van der Waals surface area contributed by atoms with Crippen molar-refractivity contribution in [1.29, 1.82) is 0 Å². The number of thiophene rings is 1. The van der Waals surface area contributed by atoms with E-state index in [1.54, 1.807) is 0 Å². The van der Waals surface area contributed by atoms with Crippen molar-refractivity contribution in [2.45, 2.75) is 4.21 Å². The molecule has 1 rings (SSSR count). The van der Waals surface area contributed by atoms with Gasteiger partial charge >= 0.3 is 5.97 Å². The van der Waals surface area contributed by atoms with Crippen molar-refractivity contribution in [3.63, 3.8) is 0 Å². The van der Waals surface area contributed by atoms with Crippen molar-refractivity contribution >= 4 is 37.0 Å². The summed E-state index contributed by atoms with van der Waals surface area (Å²) in [5.41, 5.74) is -0.0702. The van der Waals surface area contributed by atoms with Gasteiger partial charge in [0.2, 0.25) is 0 Å². The molecule has 0 aromatic carbocycles. The van der Waals surface area contributed by atoms with Gasteiger partial charge in [-0.1, -0.05) is 0 Å². The molecule has 7 heteroatoms. The molecule has 0 atom stereocenters. The summed E-state index contributed by atoms with van der Waals surface area (Å²) in [6.07, 6.45) is 0. The van der Waals surface area contributed by atoms with Gasteiger partial charge in [0.1, 0.15) is 4.21 Å². The normalized spacial score (nSPS) is 11.4. The highest BCUT2D eigenvalue weighted by atomic mass is 35.7. The molecule has 1 aromatic heterocycles. The monoisotopic (exact) mass is 226 g/mol. The Bertz CT molecular complexity index is 405. The highest BCUT2D eigenvalue weighted by molar-refractivity contribution is 8.15. The molecule has 0 aliphatic heterocycles. The maximum absolute atomic E-state index is 10.7. The molecule has 0 unspecified atom stereocenters. The molecule has 12 heavy (non-hydrogen) atoms. The first-order valence-corrected chi connectivity index (χ1v) is 5.86. The second-order valence-electron chi connectivity index (χ2n) is 1.90. The third-order valence-corrected chi connectivity index (χ3v) is 4.10. The molecule has 1 N–H and O–H groups in total. The number of carboxylic acid groups (broad SMARTS) is 1. The molecule has 4 nitrogen and oxygen atoms in total. The molecular formula is C5H3ClO4S2. The predicted molar refractivity (Wildman–Crippen MR) is 44.3 cm³/mol. The standard InChI is InChI=1S/C5H3ClO4S2/c6-12(9,10)4-1-3(2-11-4)5(7)8/h1-2H,(H,7,8). The SMILES string of the molecule is O=C(O)c1csc(S(=O)(=O)Cl)c1. The van der Waals surface area contributed by atoms with Crippen LogP contribution in [0.1, 0.15) is 10.4 Å². The van der Waals surface area contributed by atoms with Gasteiger partial charge in [-0.3, -0.25) is 0 Å². The second-order valence-corrected chi connectivity index (χ2v) is 5.60. The summed E-state index contributed by atoms with van der Waals surface area (Å²) in [5, 5.41) is 9.65. The van der Waals surface area contributed by atoms with Gasteiger partial charge in [0.15, 0.2) is 0 Å². The van der Waals surface area contributed by atoms with E-state index in [0.29, 0.717) is 0 Å². The Morgan fingerprint density at radius 2 is 2.17 bits per heavy atom. The van der Waals surface area contributed by atoms with E-state index in [-0.39, 0.29) is 9.77 Å². The van der Waals surface area contributed by atoms with Crippen LogP contribution in [0.25, 0.3) is 0 Å². The molecule has 0 amide bonds. The van der Waals surface area contributed by atoms with Gasteiger partial charge < -0.3 is 5.11 Å². The summed E-state index contributed by atoms with van der Waals surface area (Å²) < 4.78 is 21.2. The smallest absolute Gasteiger partial charge is 0.336 e. The van der Waals surface area contributed by atoms with Crippen LogP contribution in [-0.4, -0.2) is 19.5 Å². The molecule has 0 saturated heterocycles. The fourth-order valence-corrected chi connectivity index (χ4v) is 2.50. The van der Waals surface area contributed by atoms with Crippen LogP contribution in [0.15, 0.2) is 15.7 Å². The van der Waals surface area contributed by atoms with Gasteiger partial charge in [-0.25, -0.2) is 13.2 Å². The van der Waals surface area contributed by atoms with Crippen molar-refractivity contribution in [3.05, 3.63) is 17.0 Å². The first kappa shape index (κ1) is 9.50. The predicted octanol–water partition coefficient (Wildman–Crippen LogP) is 1.37. The third-order valence-electron chi connectivity index (χ3n) is 1.06. The van der Waals surface area contributed by atoms with Crippen LogP contribution in [0, 0.1) is 0 Å². The fourth-order valence-electron chi connectivity index (χ4n) is 0.557. The fraction of sp³-hybridized carbons (Fsp3) is 0. The molecule has 0 bridgehead atoms. The van der Waals surface area contributed by atoms with Crippen molar-refractivity contribution < 1.29 is 18.3 Å². The van der Waals surface area contributed by atoms with E-state index in [9.17, 15) is 13.2 Å². The molecule has 0 aliphatic carbocycles. The maximum atomic E-state index is 10.7. The zero-order valence-corrected chi connectivity index (χ0v) is 7.91. The van der Waals surface area contributed by atoms with Gasteiger partial charge in [-0.15, -0.1) is 11.3 Å². The van der Waals surface area contributed by atoms with E-state index in [4.69, 9.17) is 15.8 Å². The zero-order chi connectivity index (χ0) is 9.35. The minimum Gasteiger partial charge on any atom is -0.478 e. The highest BCUT2D eigenvalue weighted by Crippen LogP contribution is 2.23. The molecule has 0 fully saturated rings. The van der Waals surface area contributed by atoms with Crippen LogP contribution >= 0.6 is 22.0 Å². The van der Waals surface area contributed by atoms with E-state index in [2.05, 4.69) is 0 Å². The second kappa shape index (κ2) is 3.04. The quantitative estimate of drug-likeness (QED) is 0.774. The maximum Gasteiger partial charge on any atom is 0.336 e. The Balaban J connectivity index is 3.17. The van der Waals surface area contributed by atoms with Crippen LogP contribution in [0.5, 0.6) is 0 Å². The number of halogens is 1. The highest BCUT2D eigenvalue weighted by Gasteiger charge is 2.15. The summed E-state index contributed by atoms with van der Waals surface area (Å²) in [4.78, 5) is 10.3. The van der Waals surface area contributed by atoms with Gasteiger partial charge in [0.05, 0.1) is 5.56 Å². The van der Waals surface area contributed by atoms with E-state index in [1.807, 2.05) is 0 Å². The Kier molecular flexibility index (Phi) is 2.41. The minimum absolute atomic E-state index is 0.0702. The Labute approximate surface area is 76.8 Å². The molecule has 0 saturated carbocycles. The van der Waals surface area contributed by atoms with Crippen LogP contribution in [-0.2, 0) is 9.05 Å². The van der Waals surface area contributed by atoms with Gasteiger partial charge in [-0.2, -0.15) is 0 Å². The van der Waals surface area contributed by atoms with E-state index in [1.165, 1.54) is 5.38 Å². The average Bonchev–Trinajstić information content (AvgIpc) is 2.30. The molecule has 1 aromatic rings. The average molecular weight is 227 g/mol. The summed E-state index contributed by atoms with van der Waals surface area (Å²) in [6.45, 7) is 0. The summed E-state index contributed by atoms with van der Waals surface area (Å²) in [6, 6.07) is 1.02. The van der Waals surface area contributed by atoms with E-state index < -0.39 is 15.0 Å². The molecule has 0 radical (unpaired) electrons. The van der Waals surface area contributed by atoms with Crippen LogP contribution in [0.4, 0.5) is 0 Å².